The monoisotopic (exact) mass is 378 g/mol. The number of fused-ring (bicyclic) bond motifs is 1. The summed E-state index contributed by atoms with van der Waals surface area (Å²) in [6.07, 6.45) is 2.95. The van der Waals surface area contributed by atoms with Crippen LogP contribution in [-0.2, 0) is 6.54 Å². The number of nitrogens with one attached hydrogen (secondary N) is 2. The number of nitrogens with zero attached hydrogens (tertiary/aromatic N) is 2. The number of aromatic nitrogens is 2. The molecule has 0 fully saturated rings. The van der Waals surface area contributed by atoms with Crippen molar-refractivity contribution in [1.29, 1.82) is 0 Å². The predicted octanol–water partition coefficient (Wildman–Crippen LogP) is 3.08. The fourth-order valence-electron chi connectivity index (χ4n) is 2.68. The Morgan fingerprint density at radius 1 is 1.11 bits per heavy atom. The summed E-state index contributed by atoms with van der Waals surface area (Å²) in [6.45, 7) is 0.789. The summed E-state index contributed by atoms with van der Waals surface area (Å²) in [5.41, 5.74) is 1.86. The molecule has 1 aliphatic rings. The van der Waals surface area contributed by atoms with Crippen molar-refractivity contribution in [1.82, 2.24) is 9.97 Å². The highest BCUT2D eigenvalue weighted by atomic mass is 16.7. The number of hydrogen-bond donors (Lipinski definition) is 2. The van der Waals surface area contributed by atoms with Gasteiger partial charge in [0.1, 0.15) is 17.3 Å². The van der Waals surface area contributed by atoms with Gasteiger partial charge in [-0.25, -0.2) is 9.97 Å². The zero-order valence-corrected chi connectivity index (χ0v) is 15.1. The molecule has 0 saturated heterocycles. The molecular weight excluding hydrogens is 360 g/mol. The average molecular weight is 378 g/mol. The highest BCUT2D eigenvalue weighted by Crippen LogP contribution is 2.32. The van der Waals surface area contributed by atoms with Crippen LogP contribution in [0.2, 0.25) is 0 Å². The van der Waals surface area contributed by atoms with Gasteiger partial charge < -0.3 is 24.8 Å². The number of hydrogen-bond acceptors (Lipinski definition) is 7. The van der Waals surface area contributed by atoms with Gasteiger partial charge in [0.2, 0.25) is 6.79 Å². The van der Waals surface area contributed by atoms with E-state index >= 15 is 0 Å². The minimum atomic E-state index is -0.344. The zero-order chi connectivity index (χ0) is 19.3. The maximum atomic E-state index is 12.3. The van der Waals surface area contributed by atoms with Crippen LogP contribution in [0.1, 0.15) is 16.1 Å². The quantitative estimate of drug-likeness (QED) is 0.681. The molecule has 0 atom stereocenters. The van der Waals surface area contributed by atoms with Crippen LogP contribution in [0, 0.1) is 0 Å². The lowest BCUT2D eigenvalue weighted by Gasteiger charge is -2.08. The maximum Gasteiger partial charge on any atom is 0.275 e. The highest BCUT2D eigenvalue weighted by molar-refractivity contribution is 6.02. The summed E-state index contributed by atoms with van der Waals surface area (Å²) in [4.78, 5) is 20.7. The molecule has 0 bridgehead atoms. The van der Waals surface area contributed by atoms with Crippen molar-refractivity contribution in [2.75, 3.05) is 24.5 Å². The van der Waals surface area contributed by atoms with Gasteiger partial charge in [0.15, 0.2) is 11.5 Å². The molecule has 0 aliphatic carbocycles. The molecule has 1 amide bonds. The predicted molar refractivity (Wildman–Crippen MR) is 103 cm³/mol. The summed E-state index contributed by atoms with van der Waals surface area (Å²) in [7, 11) is 1.57. The molecule has 0 saturated carbocycles. The van der Waals surface area contributed by atoms with Crippen molar-refractivity contribution >= 4 is 17.4 Å². The van der Waals surface area contributed by atoms with E-state index in [0.717, 1.165) is 17.1 Å². The fourth-order valence-corrected chi connectivity index (χ4v) is 2.68. The molecule has 28 heavy (non-hydrogen) atoms. The van der Waals surface area contributed by atoms with Gasteiger partial charge in [-0.3, -0.25) is 4.79 Å². The smallest absolute Gasteiger partial charge is 0.275 e. The van der Waals surface area contributed by atoms with E-state index in [1.807, 2.05) is 18.2 Å². The molecule has 0 unspecified atom stereocenters. The number of benzene rings is 2. The third-order valence-electron chi connectivity index (χ3n) is 4.12. The molecule has 8 nitrogen and oxygen atoms in total. The Morgan fingerprint density at radius 2 is 2.00 bits per heavy atom. The average Bonchev–Trinajstić information content (AvgIpc) is 3.20. The number of amides is 1. The lowest BCUT2D eigenvalue weighted by molar-refractivity contribution is 0.102. The lowest BCUT2D eigenvalue weighted by atomic mass is 10.2. The number of rotatable bonds is 6. The molecule has 0 radical (unpaired) electrons. The Balaban J connectivity index is 1.36. The van der Waals surface area contributed by atoms with Crippen molar-refractivity contribution in [3.63, 3.8) is 0 Å². The minimum absolute atomic E-state index is 0.219. The summed E-state index contributed by atoms with van der Waals surface area (Å²) in [5, 5.41) is 5.93. The van der Waals surface area contributed by atoms with Gasteiger partial charge >= 0.3 is 0 Å². The normalized spacial score (nSPS) is 11.8. The fraction of sp³-hybridized carbons (Fsp3) is 0.150. The first-order valence-corrected chi connectivity index (χ1v) is 8.61. The molecule has 0 spiro atoms. The van der Waals surface area contributed by atoms with E-state index in [1.165, 1.54) is 12.4 Å². The second-order valence-corrected chi connectivity index (χ2v) is 6.01. The summed E-state index contributed by atoms with van der Waals surface area (Å²) >= 11 is 0. The molecule has 2 aromatic carbocycles. The molecule has 4 rings (SSSR count). The summed E-state index contributed by atoms with van der Waals surface area (Å²) < 4.78 is 15.8. The van der Waals surface area contributed by atoms with Crippen molar-refractivity contribution in [2.24, 2.45) is 0 Å². The van der Waals surface area contributed by atoms with Crippen LogP contribution in [0.15, 0.2) is 54.9 Å². The topological polar surface area (TPSA) is 94.6 Å². The Labute approximate surface area is 161 Å². The van der Waals surface area contributed by atoms with Gasteiger partial charge in [-0.05, 0) is 29.8 Å². The molecule has 2 N–H and O–H groups in total. The number of carbonyl (C=O) groups is 1. The number of ether oxygens (including phenoxy) is 3. The Morgan fingerprint density at radius 3 is 2.82 bits per heavy atom. The van der Waals surface area contributed by atoms with E-state index in [-0.39, 0.29) is 18.4 Å². The third kappa shape index (κ3) is 3.96. The van der Waals surface area contributed by atoms with Crippen LogP contribution in [-0.4, -0.2) is 29.8 Å². The van der Waals surface area contributed by atoms with Crippen molar-refractivity contribution in [2.45, 2.75) is 6.54 Å². The maximum absolute atomic E-state index is 12.3. The lowest BCUT2D eigenvalue weighted by Crippen LogP contribution is -2.14. The first-order chi connectivity index (χ1) is 13.7. The van der Waals surface area contributed by atoms with E-state index in [2.05, 4.69) is 20.6 Å². The molecule has 3 aromatic rings. The van der Waals surface area contributed by atoms with E-state index in [4.69, 9.17) is 14.2 Å². The van der Waals surface area contributed by atoms with Gasteiger partial charge in [0.25, 0.3) is 5.91 Å². The Bertz CT molecular complexity index is 992. The van der Waals surface area contributed by atoms with Crippen molar-refractivity contribution < 1.29 is 19.0 Å². The number of carbonyl (C=O) groups excluding carboxylic acids is 1. The van der Waals surface area contributed by atoms with Crippen LogP contribution in [0.3, 0.4) is 0 Å². The molecule has 8 heteroatoms. The van der Waals surface area contributed by atoms with Gasteiger partial charge in [0, 0.05) is 18.3 Å². The van der Waals surface area contributed by atoms with E-state index in [1.54, 1.807) is 31.4 Å². The molecule has 1 aliphatic heterocycles. The molecule has 2 heterocycles. The van der Waals surface area contributed by atoms with E-state index in [9.17, 15) is 4.79 Å². The Kier molecular flexibility index (Phi) is 4.92. The van der Waals surface area contributed by atoms with Crippen molar-refractivity contribution in [3.8, 4) is 17.2 Å². The second kappa shape index (κ2) is 7.83. The largest absolute Gasteiger partial charge is 0.497 e. The van der Waals surface area contributed by atoms with Crippen LogP contribution in [0.25, 0.3) is 0 Å². The molecular formula is C20H18N4O4. The summed E-state index contributed by atoms with van der Waals surface area (Å²) in [6, 6.07) is 12.8. The molecule has 142 valence electrons. The Hall–Kier alpha value is -3.81. The van der Waals surface area contributed by atoms with Crippen LogP contribution in [0.5, 0.6) is 17.2 Å². The van der Waals surface area contributed by atoms with Gasteiger partial charge in [0.05, 0.1) is 19.5 Å². The standard InChI is InChI=1S/C20H18N4O4/c1-26-15-4-2-3-14(8-15)24-20(25)16-10-23-19(11-21-16)22-9-13-5-6-17-18(7-13)28-12-27-17/h2-8,10-11H,9,12H2,1H3,(H,22,23)(H,24,25). The first-order valence-electron chi connectivity index (χ1n) is 8.61. The van der Waals surface area contributed by atoms with Crippen LogP contribution < -0.4 is 24.8 Å². The van der Waals surface area contributed by atoms with E-state index in [0.29, 0.717) is 23.8 Å². The van der Waals surface area contributed by atoms with Gasteiger partial charge in [-0.2, -0.15) is 0 Å². The second-order valence-electron chi connectivity index (χ2n) is 6.01. The first kappa shape index (κ1) is 17.6. The molecule has 1 aromatic heterocycles. The van der Waals surface area contributed by atoms with Crippen LogP contribution in [0.4, 0.5) is 11.5 Å². The number of anilines is 2. The summed E-state index contributed by atoms with van der Waals surface area (Å²) in [5.74, 6) is 2.36. The SMILES string of the molecule is COc1cccc(NC(=O)c2cnc(NCc3ccc4c(c3)OCO4)cn2)c1. The number of methoxy groups -OCH3 is 1. The highest BCUT2D eigenvalue weighted by Gasteiger charge is 2.13. The van der Waals surface area contributed by atoms with Crippen LogP contribution >= 0.6 is 0 Å². The zero-order valence-electron chi connectivity index (χ0n) is 15.1. The minimum Gasteiger partial charge on any atom is -0.497 e. The van der Waals surface area contributed by atoms with E-state index < -0.39 is 0 Å². The van der Waals surface area contributed by atoms with Gasteiger partial charge in [-0.15, -0.1) is 0 Å². The van der Waals surface area contributed by atoms with Gasteiger partial charge in [-0.1, -0.05) is 12.1 Å². The van der Waals surface area contributed by atoms with Crippen molar-refractivity contribution in [3.05, 3.63) is 66.1 Å². The third-order valence-corrected chi connectivity index (χ3v) is 4.12.